The van der Waals surface area contributed by atoms with Crippen LogP contribution in [0, 0.1) is 12.8 Å². The van der Waals surface area contributed by atoms with Gasteiger partial charge in [-0.05, 0) is 31.8 Å². The van der Waals surface area contributed by atoms with Crippen LogP contribution in [0.3, 0.4) is 0 Å². The lowest BCUT2D eigenvalue weighted by Gasteiger charge is -2.31. The minimum Gasteiger partial charge on any atom is -0.394 e. The highest BCUT2D eigenvalue weighted by atomic mass is 16.3. The molecule has 1 radical (unpaired) electrons. The van der Waals surface area contributed by atoms with Crippen molar-refractivity contribution in [3.8, 4) is 0 Å². The molecule has 0 aromatic carbocycles. The number of hydrogen-bond donors (Lipinski definition) is 2. The fourth-order valence-electron chi connectivity index (χ4n) is 1.52. The number of nitrogens with zero attached hydrogens (tertiary/aromatic N) is 1. The summed E-state index contributed by atoms with van der Waals surface area (Å²) in [4.78, 5) is 2.18. The summed E-state index contributed by atoms with van der Waals surface area (Å²) < 4.78 is 0. The smallest absolute Gasteiger partial charge is 0.0897 e. The van der Waals surface area contributed by atoms with E-state index < -0.39 is 6.10 Å². The highest BCUT2D eigenvalue weighted by Crippen LogP contribution is 2.15. The Hall–Kier alpha value is -0.120. The van der Waals surface area contributed by atoms with Crippen LogP contribution in [0.5, 0.6) is 0 Å². The largest absolute Gasteiger partial charge is 0.394 e. The molecule has 0 aromatic rings. The van der Waals surface area contributed by atoms with E-state index in [-0.39, 0.29) is 6.61 Å². The number of aliphatic hydroxyl groups is 2. The highest BCUT2D eigenvalue weighted by Gasteiger charge is 2.17. The maximum atomic E-state index is 9.17. The predicted molar refractivity (Wildman–Crippen MR) is 47.6 cm³/mol. The summed E-state index contributed by atoms with van der Waals surface area (Å²) in [5, 5.41) is 17.8. The Morgan fingerprint density at radius 3 is 2.50 bits per heavy atom. The maximum Gasteiger partial charge on any atom is 0.0897 e. The maximum absolute atomic E-state index is 9.17. The molecule has 1 fully saturated rings. The van der Waals surface area contributed by atoms with Gasteiger partial charge in [-0.25, -0.2) is 0 Å². The van der Waals surface area contributed by atoms with E-state index in [1.54, 1.807) is 0 Å². The molecule has 0 aromatic heterocycles. The van der Waals surface area contributed by atoms with Crippen molar-refractivity contribution in [3.05, 3.63) is 6.92 Å². The summed E-state index contributed by atoms with van der Waals surface area (Å²) in [6, 6.07) is 0. The van der Waals surface area contributed by atoms with Crippen molar-refractivity contribution in [2.45, 2.75) is 18.9 Å². The Morgan fingerprint density at radius 2 is 2.00 bits per heavy atom. The summed E-state index contributed by atoms with van der Waals surface area (Å²) in [5.74, 6) is 0.576. The zero-order chi connectivity index (χ0) is 8.97. The second-order valence-corrected chi connectivity index (χ2v) is 3.58. The second kappa shape index (κ2) is 4.80. The van der Waals surface area contributed by atoms with Crippen LogP contribution in [0.15, 0.2) is 0 Å². The van der Waals surface area contributed by atoms with Gasteiger partial charge in [0.2, 0.25) is 0 Å². The van der Waals surface area contributed by atoms with Gasteiger partial charge >= 0.3 is 0 Å². The van der Waals surface area contributed by atoms with Crippen LogP contribution in [0.2, 0.25) is 0 Å². The first-order chi connectivity index (χ1) is 5.72. The van der Waals surface area contributed by atoms with Gasteiger partial charge in [0, 0.05) is 6.54 Å². The predicted octanol–water partition coefficient (Wildman–Crippen LogP) is -0.114. The van der Waals surface area contributed by atoms with Gasteiger partial charge in [-0.15, -0.1) is 0 Å². The number of β-amino-alcohol motifs (C(OH)–C–C–N with tert-alkyl or cyclic N) is 1. The summed E-state index contributed by atoms with van der Waals surface area (Å²) in [6.45, 7) is 6.47. The molecule has 1 unspecified atom stereocenters. The normalized spacial score (nSPS) is 24.2. The molecule has 71 valence electrons. The molecule has 1 heterocycles. The second-order valence-electron chi connectivity index (χ2n) is 3.58. The van der Waals surface area contributed by atoms with Gasteiger partial charge in [-0.3, -0.25) is 0 Å². The van der Waals surface area contributed by atoms with E-state index in [0.717, 1.165) is 25.9 Å². The molecule has 0 spiro atoms. The molecule has 3 heteroatoms. The molecule has 2 N–H and O–H groups in total. The van der Waals surface area contributed by atoms with E-state index in [1.807, 2.05) is 0 Å². The molecule has 1 saturated heterocycles. The topological polar surface area (TPSA) is 43.7 Å². The van der Waals surface area contributed by atoms with Crippen LogP contribution in [-0.2, 0) is 0 Å². The fraction of sp³-hybridized carbons (Fsp3) is 0.889. The molecule has 3 nitrogen and oxygen atoms in total. The zero-order valence-electron chi connectivity index (χ0n) is 7.45. The summed E-state index contributed by atoms with van der Waals surface area (Å²) in [6.07, 6.45) is 1.64. The van der Waals surface area contributed by atoms with E-state index in [2.05, 4.69) is 11.8 Å². The Kier molecular flexibility index (Phi) is 3.98. The van der Waals surface area contributed by atoms with Crippen molar-refractivity contribution in [3.63, 3.8) is 0 Å². The highest BCUT2D eigenvalue weighted by molar-refractivity contribution is 4.74. The number of piperidine rings is 1. The fourth-order valence-corrected chi connectivity index (χ4v) is 1.52. The summed E-state index contributed by atoms with van der Waals surface area (Å²) in [7, 11) is 0. The van der Waals surface area contributed by atoms with Crippen LogP contribution in [-0.4, -0.2) is 47.5 Å². The Labute approximate surface area is 74.0 Å². The molecule has 1 aliphatic rings. The molecule has 0 amide bonds. The van der Waals surface area contributed by atoms with Gasteiger partial charge in [-0.2, -0.15) is 0 Å². The van der Waals surface area contributed by atoms with E-state index >= 15 is 0 Å². The van der Waals surface area contributed by atoms with Crippen molar-refractivity contribution in [1.82, 2.24) is 4.90 Å². The molecule has 1 rings (SSSR count). The summed E-state index contributed by atoms with van der Waals surface area (Å²) >= 11 is 0. The van der Waals surface area contributed by atoms with Crippen molar-refractivity contribution < 1.29 is 10.2 Å². The molecular formula is C9H18NO2. The van der Waals surface area contributed by atoms with Crippen LogP contribution in [0.1, 0.15) is 12.8 Å². The minimum atomic E-state index is -0.577. The average molecular weight is 172 g/mol. The molecule has 0 saturated carbocycles. The molecule has 1 aliphatic heterocycles. The van der Waals surface area contributed by atoms with Gasteiger partial charge in [-0.1, -0.05) is 6.92 Å². The standard InChI is InChI=1S/C9H18NO2/c1-8-2-4-10(5-3-8)6-9(12)7-11/h8-9,11-12H,1-7H2. The summed E-state index contributed by atoms with van der Waals surface area (Å²) in [5.41, 5.74) is 0. The van der Waals surface area contributed by atoms with Crippen LogP contribution in [0.25, 0.3) is 0 Å². The lowest BCUT2D eigenvalue weighted by molar-refractivity contribution is 0.0498. The SMILES string of the molecule is [CH2]C1CCN(CC(O)CO)CC1. The first kappa shape index (κ1) is 9.96. The Balaban J connectivity index is 2.17. The Bertz CT molecular complexity index is 122. The van der Waals surface area contributed by atoms with Crippen molar-refractivity contribution >= 4 is 0 Å². The van der Waals surface area contributed by atoms with Crippen LogP contribution >= 0.6 is 0 Å². The van der Waals surface area contributed by atoms with Crippen LogP contribution < -0.4 is 0 Å². The first-order valence-corrected chi connectivity index (χ1v) is 4.56. The van der Waals surface area contributed by atoms with E-state index in [4.69, 9.17) is 10.2 Å². The molecular weight excluding hydrogens is 154 g/mol. The third-order valence-electron chi connectivity index (χ3n) is 2.39. The van der Waals surface area contributed by atoms with Crippen LogP contribution in [0.4, 0.5) is 0 Å². The van der Waals surface area contributed by atoms with Gasteiger partial charge in [0.15, 0.2) is 0 Å². The number of rotatable bonds is 3. The van der Waals surface area contributed by atoms with E-state index in [9.17, 15) is 0 Å². The van der Waals surface area contributed by atoms with Crippen molar-refractivity contribution in [2.75, 3.05) is 26.2 Å². The van der Waals surface area contributed by atoms with Crippen molar-refractivity contribution in [1.29, 1.82) is 0 Å². The third-order valence-corrected chi connectivity index (χ3v) is 2.39. The lowest BCUT2D eigenvalue weighted by Crippen LogP contribution is -2.39. The molecule has 0 bridgehead atoms. The third kappa shape index (κ3) is 3.09. The molecule has 12 heavy (non-hydrogen) atoms. The number of aliphatic hydroxyl groups excluding tert-OH is 2. The zero-order valence-corrected chi connectivity index (χ0v) is 7.45. The number of hydrogen-bond acceptors (Lipinski definition) is 3. The average Bonchev–Trinajstić information content (AvgIpc) is 2.09. The molecule has 1 atom stereocenters. The minimum absolute atomic E-state index is 0.135. The monoisotopic (exact) mass is 172 g/mol. The first-order valence-electron chi connectivity index (χ1n) is 4.56. The van der Waals surface area contributed by atoms with Gasteiger partial charge in [0.25, 0.3) is 0 Å². The Morgan fingerprint density at radius 1 is 1.42 bits per heavy atom. The molecule has 0 aliphatic carbocycles. The quantitative estimate of drug-likeness (QED) is 0.624. The van der Waals surface area contributed by atoms with E-state index in [0.29, 0.717) is 12.5 Å². The number of likely N-dealkylation sites (tertiary alicyclic amines) is 1. The van der Waals surface area contributed by atoms with Gasteiger partial charge < -0.3 is 15.1 Å². The van der Waals surface area contributed by atoms with E-state index in [1.165, 1.54) is 0 Å². The van der Waals surface area contributed by atoms with Gasteiger partial charge in [0.1, 0.15) is 0 Å². The van der Waals surface area contributed by atoms with Crippen molar-refractivity contribution in [2.24, 2.45) is 5.92 Å². The lowest BCUT2D eigenvalue weighted by atomic mass is 9.99. The van der Waals surface area contributed by atoms with Gasteiger partial charge in [0.05, 0.1) is 12.7 Å².